The minimum absolute atomic E-state index is 0.0224. The molecular weight excluding hydrogens is 262 g/mol. The fraction of sp³-hybridized carbons (Fsp3) is 0.588. The molecule has 1 saturated heterocycles. The van der Waals surface area contributed by atoms with E-state index >= 15 is 0 Å². The van der Waals surface area contributed by atoms with Crippen LogP contribution in [0.15, 0.2) is 30.3 Å². The third kappa shape index (κ3) is 4.29. The zero-order valence-corrected chi connectivity index (χ0v) is 13.2. The van der Waals surface area contributed by atoms with Gasteiger partial charge in [-0.25, -0.2) is 0 Å². The van der Waals surface area contributed by atoms with Crippen LogP contribution in [0.1, 0.15) is 32.8 Å². The van der Waals surface area contributed by atoms with Gasteiger partial charge in [0.25, 0.3) is 0 Å². The van der Waals surface area contributed by atoms with Gasteiger partial charge in [-0.2, -0.15) is 0 Å². The lowest BCUT2D eigenvalue weighted by atomic mass is 9.84. The summed E-state index contributed by atoms with van der Waals surface area (Å²) in [5, 5.41) is 3.08. The number of hydrogen-bond donors (Lipinski definition) is 3. The molecule has 1 aliphatic heterocycles. The first kappa shape index (κ1) is 16.0. The molecule has 4 heteroatoms. The van der Waals surface area contributed by atoms with Gasteiger partial charge in [-0.3, -0.25) is 15.6 Å². The second kappa shape index (κ2) is 7.57. The maximum Gasteiger partial charge on any atom is 0.223 e. The summed E-state index contributed by atoms with van der Waals surface area (Å²) >= 11 is 0. The Labute approximate surface area is 127 Å². The number of hydrazine groups is 1. The van der Waals surface area contributed by atoms with Gasteiger partial charge in [0.05, 0.1) is 0 Å². The number of carbonyl (C=O) groups is 1. The molecule has 0 bridgehead atoms. The number of hydrogen-bond acceptors (Lipinski definition) is 3. The smallest absolute Gasteiger partial charge is 0.223 e. The van der Waals surface area contributed by atoms with Crippen molar-refractivity contribution in [3.8, 4) is 0 Å². The summed E-state index contributed by atoms with van der Waals surface area (Å²) in [4.78, 5) is 12.3. The molecular formula is C17H27N3O. The van der Waals surface area contributed by atoms with Crippen molar-refractivity contribution in [3.05, 3.63) is 35.9 Å². The van der Waals surface area contributed by atoms with E-state index in [-0.39, 0.29) is 11.8 Å². The predicted octanol–water partition coefficient (Wildman–Crippen LogP) is 1.87. The summed E-state index contributed by atoms with van der Waals surface area (Å²) < 4.78 is 0. The van der Waals surface area contributed by atoms with Gasteiger partial charge >= 0.3 is 0 Å². The summed E-state index contributed by atoms with van der Waals surface area (Å²) in [6.07, 6.45) is 1.99. The van der Waals surface area contributed by atoms with Gasteiger partial charge in [0.2, 0.25) is 5.91 Å². The molecule has 1 heterocycles. The van der Waals surface area contributed by atoms with Crippen LogP contribution in [-0.2, 0) is 11.2 Å². The van der Waals surface area contributed by atoms with Crippen LogP contribution in [-0.4, -0.2) is 24.5 Å². The highest BCUT2D eigenvalue weighted by Gasteiger charge is 2.37. The Bertz CT molecular complexity index is 439. The van der Waals surface area contributed by atoms with Crippen molar-refractivity contribution >= 4 is 5.91 Å². The molecule has 3 unspecified atom stereocenters. The van der Waals surface area contributed by atoms with E-state index in [1.54, 1.807) is 0 Å². The predicted molar refractivity (Wildman–Crippen MR) is 85.6 cm³/mol. The van der Waals surface area contributed by atoms with Crippen molar-refractivity contribution in [1.29, 1.82) is 0 Å². The van der Waals surface area contributed by atoms with Gasteiger partial charge in [0.15, 0.2) is 0 Å². The highest BCUT2D eigenvalue weighted by Crippen LogP contribution is 2.23. The van der Waals surface area contributed by atoms with Crippen molar-refractivity contribution in [3.63, 3.8) is 0 Å². The van der Waals surface area contributed by atoms with E-state index in [0.717, 1.165) is 19.4 Å². The van der Waals surface area contributed by atoms with Crippen LogP contribution in [0, 0.1) is 11.8 Å². The zero-order valence-electron chi connectivity index (χ0n) is 13.2. The normalized spacial score (nSPS) is 26.5. The van der Waals surface area contributed by atoms with Crippen molar-refractivity contribution < 1.29 is 4.79 Å². The molecule has 1 aliphatic rings. The molecule has 0 spiro atoms. The Kier molecular flexibility index (Phi) is 5.76. The first-order valence-corrected chi connectivity index (χ1v) is 7.92. The molecule has 4 nitrogen and oxygen atoms in total. The fourth-order valence-corrected chi connectivity index (χ4v) is 3.24. The van der Waals surface area contributed by atoms with Crippen molar-refractivity contribution in [2.75, 3.05) is 6.54 Å². The topological polar surface area (TPSA) is 53.2 Å². The number of aryl methyl sites for hydroxylation is 1. The molecule has 1 aromatic rings. The standard InChI is InChI=1S/C17H27N3O/c1-12(16-13(2)19-20-14(16)3)17(21)18-11-7-10-15-8-5-4-6-9-15/h4-6,8-9,12-14,16,19-20H,7,10-11H2,1-3H3,(H,18,21). The average Bonchev–Trinajstić information content (AvgIpc) is 2.83. The number of rotatable bonds is 6. The lowest BCUT2D eigenvalue weighted by Gasteiger charge is -2.24. The van der Waals surface area contributed by atoms with E-state index in [1.165, 1.54) is 5.56 Å². The monoisotopic (exact) mass is 289 g/mol. The second-order valence-electron chi connectivity index (χ2n) is 6.11. The average molecular weight is 289 g/mol. The highest BCUT2D eigenvalue weighted by molar-refractivity contribution is 5.78. The molecule has 1 fully saturated rings. The van der Waals surface area contributed by atoms with E-state index in [0.29, 0.717) is 18.0 Å². The van der Waals surface area contributed by atoms with E-state index < -0.39 is 0 Å². The van der Waals surface area contributed by atoms with Gasteiger partial charge in [-0.05, 0) is 32.3 Å². The lowest BCUT2D eigenvalue weighted by Crippen LogP contribution is -2.40. The van der Waals surface area contributed by atoms with Crippen LogP contribution < -0.4 is 16.2 Å². The van der Waals surface area contributed by atoms with Crippen molar-refractivity contribution in [2.45, 2.75) is 45.7 Å². The minimum Gasteiger partial charge on any atom is -0.356 e. The second-order valence-corrected chi connectivity index (χ2v) is 6.11. The summed E-state index contributed by atoms with van der Waals surface area (Å²) in [6.45, 7) is 7.02. The molecule has 0 aliphatic carbocycles. The zero-order chi connectivity index (χ0) is 15.2. The maximum atomic E-state index is 12.3. The van der Waals surface area contributed by atoms with Crippen molar-refractivity contribution in [1.82, 2.24) is 16.2 Å². The van der Waals surface area contributed by atoms with Crippen molar-refractivity contribution in [2.24, 2.45) is 11.8 Å². The van der Waals surface area contributed by atoms with Crippen LogP contribution in [0.2, 0.25) is 0 Å². The third-order valence-electron chi connectivity index (χ3n) is 4.47. The van der Waals surface area contributed by atoms with Crippen LogP contribution in [0.4, 0.5) is 0 Å². The minimum atomic E-state index is 0.0224. The van der Waals surface area contributed by atoms with E-state index in [2.05, 4.69) is 54.3 Å². The summed E-state index contributed by atoms with van der Waals surface area (Å²) in [7, 11) is 0. The first-order chi connectivity index (χ1) is 10.1. The summed E-state index contributed by atoms with van der Waals surface area (Å²) in [5.41, 5.74) is 7.75. The SMILES string of the molecule is CC1NNC(C)C1C(C)C(=O)NCCCc1ccccc1. The van der Waals surface area contributed by atoms with E-state index in [4.69, 9.17) is 0 Å². The molecule has 1 aromatic carbocycles. The molecule has 3 atom stereocenters. The molecule has 21 heavy (non-hydrogen) atoms. The van der Waals surface area contributed by atoms with Gasteiger partial charge < -0.3 is 5.32 Å². The Morgan fingerprint density at radius 2 is 1.81 bits per heavy atom. The van der Waals surface area contributed by atoms with Crippen LogP contribution in [0.5, 0.6) is 0 Å². The van der Waals surface area contributed by atoms with E-state index in [1.807, 2.05) is 13.0 Å². The van der Waals surface area contributed by atoms with Crippen LogP contribution in [0.3, 0.4) is 0 Å². The Balaban J connectivity index is 1.72. The quantitative estimate of drug-likeness (QED) is 0.701. The summed E-state index contributed by atoms with van der Waals surface area (Å²) in [6, 6.07) is 11.0. The molecule has 0 aromatic heterocycles. The van der Waals surface area contributed by atoms with E-state index in [9.17, 15) is 4.79 Å². The number of carbonyl (C=O) groups excluding carboxylic acids is 1. The molecule has 116 valence electrons. The Morgan fingerprint density at radius 3 is 2.43 bits per heavy atom. The van der Waals surface area contributed by atoms with Gasteiger partial charge in [0.1, 0.15) is 0 Å². The van der Waals surface area contributed by atoms with Crippen LogP contribution in [0.25, 0.3) is 0 Å². The molecule has 2 rings (SSSR count). The number of benzene rings is 1. The number of amides is 1. The van der Waals surface area contributed by atoms with Crippen LogP contribution >= 0.6 is 0 Å². The Morgan fingerprint density at radius 1 is 1.19 bits per heavy atom. The third-order valence-corrected chi connectivity index (χ3v) is 4.47. The first-order valence-electron chi connectivity index (χ1n) is 7.92. The molecule has 1 amide bonds. The van der Waals surface area contributed by atoms with Gasteiger partial charge in [0, 0.05) is 30.5 Å². The molecule has 0 saturated carbocycles. The number of nitrogens with one attached hydrogen (secondary N) is 3. The summed E-state index contributed by atoms with van der Waals surface area (Å²) in [5.74, 6) is 0.519. The largest absolute Gasteiger partial charge is 0.356 e. The fourth-order valence-electron chi connectivity index (χ4n) is 3.24. The van der Waals surface area contributed by atoms with Gasteiger partial charge in [-0.1, -0.05) is 37.3 Å². The Hall–Kier alpha value is -1.39. The maximum absolute atomic E-state index is 12.3. The molecule has 0 radical (unpaired) electrons. The van der Waals surface area contributed by atoms with Gasteiger partial charge in [-0.15, -0.1) is 0 Å². The molecule has 3 N–H and O–H groups in total. The lowest BCUT2D eigenvalue weighted by molar-refractivity contribution is -0.126. The highest BCUT2D eigenvalue weighted by atomic mass is 16.1.